The van der Waals surface area contributed by atoms with Gasteiger partial charge in [0, 0.05) is 6.42 Å². The van der Waals surface area contributed by atoms with Crippen LogP contribution in [0.25, 0.3) is 0 Å². The van der Waals surface area contributed by atoms with Gasteiger partial charge in [0.05, 0.1) is 12.6 Å². The summed E-state index contributed by atoms with van der Waals surface area (Å²) in [6.07, 6.45) is 2.36. The summed E-state index contributed by atoms with van der Waals surface area (Å²) in [6.45, 7) is 10.6. The van der Waals surface area contributed by atoms with E-state index >= 15 is 0 Å². The molecule has 1 amide bonds. The second-order valence-corrected chi connectivity index (χ2v) is 5.93. The molecule has 0 rings (SSSR count). The molecule has 1 unspecified atom stereocenters. The molecule has 2 N–H and O–H groups in total. The van der Waals surface area contributed by atoms with E-state index in [-0.39, 0.29) is 24.0 Å². The van der Waals surface area contributed by atoms with E-state index in [0.717, 1.165) is 12.8 Å². The molecule has 3 nitrogen and oxygen atoms in total. The number of amides is 1. The molecule has 0 bridgehead atoms. The Morgan fingerprint density at radius 1 is 1.38 bits per heavy atom. The van der Waals surface area contributed by atoms with Crippen LogP contribution in [0.4, 0.5) is 0 Å². The number of rotatable bonds is 6. The van der Waals surface area contributed by atoms with Crippen LogP contribution in [-0.2, 0) is 4.79 Å². The summed E-state index contributed by atoms with van der Waals surface area (Å²) in [6, 6.07) is -0.0886. The summed E-state index contributed by atoms with van der Waals surface area (Å²) in [4.78, 5) is 11.6. The molecule has 0 radical (unpaired) electrons. The smallest absolute Gasteiger partial charge is 0.220 e. The van der Waals surface area contributed by atoms with E-state index < -0.39 is 0 Å². The lowest BCUT2D eigenvalue weighted by Gasteiger charge is -2.23. The van der Waals surface area contributed by atoms with Gasteiger partial charge in [-0.05, 0) is 24.2 Å². The van der Waals surface area contributed by atoms with E-state index in [2.05, 4.69) is 33.0 Å². The minimum Gasteiger partial charge on any atom is -0.394 e. The van der Waals surface area contributed by atoms with Crippen molar-refractivity contribution in [2.75, 3.05) is 6.61 Å². The molecule has 0 saturated heterocycles. The molecular weight excluding hydrogens is 202 g/mol. The third kappa shape index (κ3) is 7.69. The van der Waals surface area contributed by atoms with Gasteiger partial charge in [0.2, 0.25) is 5.91 Å². The van der Waals surface area contributed by atoms with E-state index in [4.69, 9.17) is 5.11 Å². The molecule has 0 aliphatic carbocycles. The highest BCUT2D eigenvalue weighted by molar-refractivity contribution is 5.76. The number of hydrogen-bond acceptors (Lipinski definition) is 2. The van der Waals surface area contributed by atoms with E-state index in [1.54, 1.807) is 0 Å². The van der Waals surface area contributed by atoms with Crippen molar-refractivity contribution >= 4 is 5.91 Å². The zero-order valence-electron chi connectivity index (χ0n) is 11.3. The first kappa shape index (κ1) is 15.4. The van der Waals surface area contributed by atoms with Crippen LogP contribution in [0, 0.1) is 11.3 Å². The molecule has 96 valence electrons. The average Bonchev–Trinajstić information content (AvgIpc) is 2.10. The largest absolute Gasteiger partial charge is 0.394 e. The highest BCUT2D eigenvalue weighted by Crippen LogP contribution is 2.25. The maximum Gasteiger partial charge on any atom is 0.220 e. The molecule has 3 heteroatoms. The van der Waals surface area contributed by atoms with Gasteiger partial charge < -0.3 is 10.4 Å². The highest BCUT2D eigenvalue weighted by Gasteiger charge is 2.18. The fourth-order valence-corrected chi connectivity index (χ4v) is 2.00. The molecule has 0 spiro atoms. The Balaban J connectivity index is 3.95. The molecule has 0 heterocycles. The monoisotopic (exact) mass is 229 g/mol. The first-order chi connectivity index (χ1) is 7.28. The first-order valence-corrected chi connectivity index (χ1v) is 6.18. The first-order valence-electron chi connectivity index (χ1n) is 6.18. The van der Waals surface area contributed by atoms with Crippen molar-refractivity contribution in [3.05, 3.63) is 0 Å². The summed E-state index contributed by atoms with van der Waals surface area (Å²) in [5.74, 6) is 0.439. The van der Waals surface area contributed by atoms with Crippen LogP contribution in [0.2, 0.25) is 0 Å². The van der Waals surface area contributed by atoms with Gasteiger partial charge in [-0.1, -0.05) is 34.6 Å². The molecule has 2 atom stereocenters. The standard InChI is InChI=1S/C13H27NO2/c1-6-11(9-15)14-12(16)7-10(2)8-13(3,4)5/h10-11,15H,6-9H2,1-5H3,(H,14,16)/t10?,11-/m0/s1. The summed E-state index contributed by atoms with van der Waals surface area (Å²) < 4.78 is 0. The van der Waals surface area contributed by atoms with Crippen molar-refractivity contribution in [1.82, 2.24) is 5.32 Å². The van der Waals surface area contributed by atoms with Crippen molar-refractivity contribution in [3.8, 4) is 0 Å². The lowest BCUT2D eigenvalue weighted by Crippen LogP contribution is -2.37. The molecule has 0 aliphatic heterocycles. The molecule has 0 saturated carbocycles. The predicted octanol–water partition coefficient (Wildman–Crippen LogP) is 2.34. The van der Waals surface area contributed by atoms with E-state index in [0.29, 0.717) is 12.3 Å². The van der Waals surface area contributed by atoms with Gasteiger partial charge in [-0.3, -0.25) is 4.79 Å². The highest BCUT2D eigenvalue weighted by atomic mass is 16.3. The third-order valence-corrected chi connectivity index (χ3v) is 2.57. The zero-order chi connectivity index (χ0) is 12.8. The Kier molecular flexibility index (Phi) is 6.65. The van der Waals surface area contributed by atoms with Crippen LogP contribution in [0.3, 0.4) is 0 Å². The van der Waals surface area contributed by atoms with Gasteiger partial charge in [-0.2, -0.15) is 0 Å². The lowest BCUT2D eigenvalue weighted by atomic mass is 9.84. The normalized spacial score (nSPS) is 15.6. The number of aliphatic hydroxyl groups excluding tert-OH is 1. The Morgan fingerprint density at radius 2 is 1.94 bits per heavy atom. The summed E-state index contributed by atoms with van der Waals surface area (Å²) in [5.41, 5.74) is 0.265. The second kappa shape index (κ2) is 6.89. The topological polar surface area (TPSA) is 49.3 Å². The van der Waals surface area contributed by atoms with Crippen molar-refractivity contribution in [2.24, 2.45) is 11.3 Å². The van der Waals surface area contributed by atoms with Crippen LogP contribution >= 0.6 is 0 Å². The van der Waals surface area contributed by atoms with E-state index in [1.165, 1.54) is 0 Å². The maximum absolute atomic E-state index is 11.6. The number of carbonyl (C=O) groups excluding carboxylic acids is 1. The molecule has 0 aromatic rings. The van der Waals surface area contributed by atoms with Crippen molar-refractivity contribution < 1.29 is 9.90 Å². The fourth-order valence-electron chi connectivity index (χ4n) is 2.00. The summed E-state index contributed by atoms with van der Waals surface area (Å²) in [7, 11) is 0. The average molecular weight is 229 g/mol. The van der Waals surface area contributed by atoms with Gasteiger partial charge in [0.1, 0.15) is 0 Å². The quantitative estimate of drug-likeness (QED) is 0.734. The van der Waals surface area contributed by atoms with Gasteiger partial charge in [0.15, 0.2) is 0 Å². The number of nitrogens with one attached hydrogen (secondary N) is 1. The SMILES string of the molecule is CC[C@@H](CO)NC(=O)CC(C)CC(C)(C)C. The van der Waals surface area contributed by atoms with Crippen LogP contribution in [0.1, 0.15) is 53.9 Å². The fraction of sp³-hybridized carbons (Fsp3) is 0.923. The lowest BCUT2D eigenvalue weighted by molar-refractivity contribution is -0.123. The zero-order valence-corrected chi connectivity index (χ0v) is 11.3. The predicted molar refractivity (Wildman–Crippen MR) is 67.2 cm³/mol. The minimum atomic E-state index is -0.0886. The van der Waals surface area contributed by atoms with Gasteiger partial charge in [0.25, 0.3) is 0 Å². The van der Waals surface area contributed by atoms with Gasteiger partial charge >= 0.3 is 0 Å². The van der Waals surface area contributed by atoms with E-state index in [1.807, 2.05) is 6.92 Å². The second-order valence-electron chi connectivity index (χ2n) is 5.93. The molecular formula is C13H27NO2. The molecule has 0 fully saturated rings. The Labute approximate surface area is 99.6 Å². The molecule has 16 heavy (non-hydrogen) atoms. The van der Waals surface area contributed by atoms with Crippen molar-refractivity contribution in [3.63, 3.8) is 0 Å². The minimum absolute atomic E-state index is 0.0237. The van der Waals surface area contributed by atoms with Crippen LogP contribution < -0.4 is 5.32 Å². The number of aliphatic hydroxyl groups is 1. The van der Waals surface area contributed by atoms with Gasteiger partial charge in [-0.25, -0.2) is 0 Å². The number of carbonyl (C=O) groups is 1. The molecule has 0 aliphatic rings. The van der Waals surface area contributed by atoms with E-state index in [9.17, 15) is 4.79 Å². The maximum atomic E-state index is 11.6. The number of hydrogen-bond donors (Lipinski definition) is 2. The molecule has 0 aromatic heterocycles. The summed E-state index contributed by atoms with van der Waals surface area (Å²) in [5, 5.41) is 11.8. The Bertz CT molecular complexity index is 204. The third-order valence-electron chi connectivity index (χ3n) is 2.57. The van der Waals surface area contributed by atoms with Crippen molar-refractivity contribution in [1.29, 1.82) is 0 Å². The van der Waals surface area contributed by atoms with Crippen LogP contribution in [0.5, 0.6) is 0 Å². The van der Waals surface area contributed by atoms with Gasteiger partial charge in [-0.15, -0.1) is 0 Å². The summed E-state index contributed by atoms with van der Waals surface area (Å²) >= 11 is 0. The Morgan fingerprint density at radius 3 is 2.31 bits per heavy atom. The van der Waals surface area contributed by atoms with Crippen LogP contribution in [-0.4, -0.2) is 23.7 Å². The van der Waals surface area contributed by atoms with Crippen molar-refractivity contribution in [2.45, 2.75) is 59.9 Å². The van der Waals surface area contributed by atoms with Crippen LogP contribution in [0.15, 0.2) is 0 Å². The molecule has 0 aromatic carbocycles. The Hall–Kier alpha value is -0.570.